The maximum absolute atomic E-state index is 8.25. The van der Waals surface area contributed by atoms with Crippen LogP contribution in [0.2, 0.25) is 0 Å². The average Bonchev–Trinajstić information content (AvgIpc) is 2.36. The lowest BCUT2D eigenvalue weighted by molar-refractivity contribution is -0.464. The number of hydrogen-bond donors (Lipinski definition) is 3. The third kappa shape index (κ3) is 9.22. The molecule has 0 atom stereocenters. The lowest BCUT2D eigenvalue weighted by Gasteiger charge is -2.02. The van der Waals surface area contributed by atoms with E-state index in [-0.39, 0.29) is 5.96 Å². The molecule has 1 aromatic rings. The second-order valence-electron chi connectivity index (χ2n) is 3.66. The summed E-state index contributed by atoms with van der Waals surface area (Å²) in [5.41, 5.74) is 12.5. The van der Waals surface area contributed by atoms with E-state index in [0.29, 0.717) is 0 Å². The van der Waals surface area contributed by atoms with Gasteiger partial charge in [0, 0.05) is 6.42 Å². The van der Waals surface area contributed by atoms with Crippen LogP contribution in [0.15, 0.2) is 29.4 Å². The van der Waals surface area contributed by atoms with Crippen LogP contribution >= 0.6 is 0 Å². The Labute approximate surface area is 115 Å². The summed E-state index contributed by atoms with van der Waals surface area (Å²) in [7, 11) is 1.64. The van der Waals surface area contributed by atoms with Gasteiger partial charge < -0.3 is 20.1 Å². The van der Waals surface area contributed by atoms with Gasteiger partial charge in [0.25, 0.3) is 0 Å². The number of guanidine groups is 1. The molecule has 0 aliphatic carbocycles. The van der Waals surface area contributed by atoms with Crippen molar-refractivity contribution in [3.63, 3.8) is 0 Å². The van der Waals surface area contributed by atoms with E-state index in [1.807, 2.05) is 31.2 Å². The van der Waals surface area contributed by atoms with Gasteiger partial charge in [-0.15, -0.1) is 5.10 Å². The minimum Gasteiger partial charge on any atom is -0.497 e. The number of ether oxygens (including phenoxy) is 1. The topological polar surface area (TPSA) is 154 Å². The zero-order valence-corrected chi connectivity index (χ0v) is 11.2. The second-order valence-corrected chi connectivity index (χ2v) is 3.66. The second kappa shape index (κ2) is 9.14. The van der Waals surface area contributed by atoms with Crippen molar-refractivity contribution in [1.82, 2.24) is 0 Å². The van der Waals surface area contributed by atoms with E-state index in [1.54, 1.807) is 7.11 Å². The molecule has 20 heavy (non-hydrogen) atoms. The van der Waals surface area contributed by atoms with Crippen LogP contribution in [0.4, 0.5) is 0 Å². The van der Waals surface area contributed by atoms with Crippen molar-refractivity contribution in [3.05, 3.63) is 45.2 Å². The molecule has 0 bridgehead atoms. The van der Waals surface area contributed by atoms with Gasteiger partial charge >= 0.3 is 5.96 Å². The van der Waals surface area contributed by atoms with Crippen molar-refractivity contribution in [2.75, 3.05) is 7.11 Å². The minimum atomic E-state index is -1.75. The van der Waals surface area contributed by atoms with Gasteiger partial charge in [0.2, 0.25) is 0 Å². The average molecular weight is 283 g/mol. The Morgan fingerprint density at radius 1 is 1.35 bits per heavy atom. The Morgan fingerprint density at radius 2 is 1.85 bits per heavy atom. The highest BCUT2D eigenvalue weighted by atomic mass is 16.9. The molecule has 110 valence electrons. The van der Waals surface area contributed by atoms with Gasteiger partial charge in [-0.25, -0.2) is 0 Å². The van der Waals surface area contributed by atoms with Crippen LogP contribution in [0.25, 0.3) is 0 Å². The molecule has 1 aromatic carbocycles. The number of hydrogen-bond acceptors (Lipinski definition) is 5. The molecule has 0 spiro atoms. The highest BCUT2D eigenvalue weighted by Crippen LogP contribution is 2.11. The zero-order chi connectivity index (χ0) is 15.5. The molecule has 0 unspecified atom stereocenters. The Kier molecular flexibility index (Phi) is 7.84. The molecule has 0 fully saturated rings. The highest BCUT2D eigenvalue weighted by Gasteiger charge is 1.97. The molecular weight excluding hydrogens is 266 g/mol. The molecule has 0 heterocycles. The van der Waals surface area contributed by atoms with E-state index in [4.69, 9.17) is 31.5 Å². The van der Waals surface area contributed by atoms with Gasteiger partial charge in [-0.3, -0.25) is 11.5 Å². The minimum absolute atomic E-state index is 0.0917. The van der Waals surface area contributed by atoms with Crippen molar-refractivity contribution < 1.29 is 14.9 Å². The van der Waals surface area contributed by atoms with Gasteiger partial charge in [0.15, 0.2) is 0 Å². The normalized spacial score (nSPS) is 10.0. The molecule has 0 aliphatic heterocycles. The lowest BCUT2D eigenvalue weighted by Crippen LogP contribution is -2.72. The fourth-order valence-corrected chi connectivity index (χ4v) is 1.24. The SMILES string of the molecule is COc1ccc(C/C(C)=N\[NH+]=C(N)N)cc1.O=[N+]([O-])[O-]. The highest BCUT2D eigenvalue weighted by molar-refractivity contribution is 5.83. The monoisotopic (exact) mass is 283 g/mol. The van der Waals surface area contributed by atoms with Crippen molar-refractivity contribution in [1.29, 1.82) is 0 Å². The summed E-state index contributed by atoms with van der Waals surface area (Å²) in [6, 6.07) is 7.82. The number of nitrogens with two attached hydrogens (primary N) is 2. The summed E-state index contributed by atoms with van der Waals surface area (Å²) in [4.78, 5) is 8.25. The Morgan fingerprint density at radius 3 is 2.25 bits per heavy atom. The number of nitrogens with zero attached hydrogens (tertiary/aromatic N) is 2. The van der Waals surface area contributed by atoms with E-state index in [9.17, 15) is 0 Å². The molecule has 9 nitrogen and oxygen atoms in total. The standard InChI is InChI=1S/C11H16N4O.NO3/c1-8(14-15-11(12)13)7-9-3-5-10(16-2)6-4-9;2-1(3)4/h3-6H,7H2,1-2H3,(H4,12,13,15);/q;-1/p+1/b14-8-;. The summed E-state index contributed by atoms with van der Waals surface area (Å²) < 4.78 is 5.07. The molecule has 0 saturated heterocycles. The van der Waals surface area contributed by atoms with Gasteiger partial charge in [0.1, 0.15) is 5.75 Å². The maximum Gasteiger partial charge on any atom is 0.362 e. The van der Waals surface area contributed by atoms with Crippen molar-refractivity contribution in [2.45, 2.75) is 13.3 Å². The third-order valence-corrected chi connectivity index (χ3v) is 1.99. The Hall–Kier alpha value is -2.84. The number of rotatable bonds is 4. The van der Waals surface area contributed by atoms with Crippen LogP contribution in [0, 0.1) is 15.3 Å². The number of benzene rings is 1. The number of methoxy groups -OCH3 is 1. The van der Waals surface area contributed by atoms with Crippen LogP contribution in [-0.4, -0.2) is 23.9 Å². The quantitative estimate of drug-likeness (QED) is 0.271. The number of nitrogens with one attached hydrogen (secondary N) is 1. The number of hydrazone groups is 1. The molecular formula is C11H17N5O4. The summed E-state index contributed by atoms with van der Waals surface area (Å²) in [5.74, 6) is 0.935. The molecule has 1 rings (SSSR count). The molecule has 5 N–H and O–H groups in total. The molecule has 0 saturated carbocycles. The largest absolute Gasteiger partial charge is 0.497 e. The molecule has 9 heteroatoms. The van der Waals surface area contributed by atoms with Gasteiger partial charge in [-0.2, -0.15) is 5.10 Å². The van der Waals surface area contributed by atoms with Gasteiger partial charge in [-0.05, 0) is 24.6 Å². The maximum atomic E-state index is 8.25. The fourth-order valence-electron chi connectivity index (χ4n) is 1.24. The summed E-state index contributed by atoms with van der Waals surface area (Å²) in [6.45, 7) is 1.90. The van der Waals surface area contributed by atoms with Crippen LogP contribution in [0.1, 0.15) is 12.5 Å². The van der Waals surface area contributed by atoms with Crippen LogP contribution in [0.5, 0.6) is 5.75 Å². The summed E-state index contributed by atoms with van der Waals surface area (Å²) >= 11 is 0. The molecule has 0 aromatic heterocycles. The van der Waals surface area contributed by atoms with Gasteiger partial charge in [-0.1, -0.05) is 12.1 Å². The summed E-state index contributed by atoms with van der Waals surface area (Å²) in [6.07, 6.45) is 0.740. The lowest BCUT2D eigenvalue weighted by atomic mass is 10.1. The molecule has 0 aliphatic rings. The Balaban J connectivity index is 0.000000796. The van der Waals surface area contributed by atoms with Crippen molar-refractivity contribution >= 4 is 11.7 Å². The van der Waals surface area contributed by atoms with Crippen LogP contribution < -0.4 is 21.3 Å². The Bertz CT molecular complexity index is 476. The first kappa shape index (κ1) is 17.2. The van der Waals surface area contributed by atoms with Crippen LogP contribution in [-0.2, 0) is 6.42 Å². The molecule has 0 amide bonds. The first-order valence-electron chi connectivity index (χ1n) is 5.46. The summed E-state index contributed by atoms with van der Waals surface area (Å²) in [5, 5.41) is 21.3. The van der Waals surface area contributed by atoms with E-state index < -0.39 is 5.09 Å². The third-order valence-electron chi connectivity index (χ3n) is 1.99. The van der Waals surface area contributed by atoms with E-state index in [1.165, 1.54) is 0 Å². The smallest absolute Gasteiger partial charge is 0.362 e. The van der Waals surface area contributed by atoms with Gasteiger partial charge in [0.05, 0.1) is 17.9 Å². The molecule has 0 radical (unpaired) electrons. The fraction of sp³-hybridized carbons (Fsp3) is 0.273. The predicted octanol–water partition coefficient (Wildman–Crippen LogP) is -1.27. The zero-order valence-electron chi connectivity index (χ0n) is 11.2. The van der Waals surface area contributed by atoms with E-state index in [0.717, 1.165) is 23.4 Å². The van der Waals surface area contributed by atoms with E-state index >= 15 is 0 Å². The van der Waals surface area contributed by atoms with E-state index in [2.05, 4.69) is 10.2 Å². The van der Waals surface area contributed by atoms with Crippen molar-refractivity contribution in [3.8, 4) is 5.75 Å². The first-order chi connectivity index (χ1) is 9.35. The van der Waals surface area contributed by atoms with Crippen molar-refractivity contribution in [2.24, 2.45) is 16.6 Å². The van der Waals surface area contributed by atoms with Crippen LogP contribution in [0.3, 0.4) is 0 Å². The predicted molar refractivity (Wildman–Crippen MR) is 74.5 cm³/mol. The first-order valence-corrected chi connectivity index (χ1v) is 5.46.